The molecule has 1 aliphatic carbocycles. The molecule has 2 fully saturated rings. The zero-order valence-electron chi connectivity index (χ0n) is 18.2. The van der Waals surface area contributed by atoms with E-state index in [-0.39, 0.29) is 24.3 Å². The summed E-state index contributed by atoms with van der Waals surface area (Å²) in [7, 11) is 1.61. The molecule has 2 aliphatic rings. The van der Waals surface area contributed by atoms with E-state index in [1.165, 1.54) is 4.90 Å². The second-order valence-electron chi connectivity index (χ2n) is 8.23. The van der Waals surface area contributed by atoms with Crippen LogP contribution in [0.25, 0.3) is 11.3 Å². The van der Waals surface area contributed by atoms with Crippen molar-refractivity contribution < 1.29 is 23.5 Å². The molecule has 2 N–H and O–H groups in total. The zero-order valence-corrected chi connectivity index (χ0v) is 18.2. The lowest BCUT2D eigenvalue weighted by molar-refractivity contribution is -0.131. The van der Waals surface area contributed by atoms with Gasteiger partial charge in [0.25, 0.3) is 5.91 Å². The third-order valence-corrected chi connectivity index (χ3v) is 6.08. The van der Waals surface area contributed by atoms with Gasteiger partial charge in [0.15, 0.2) is 11.7 Å². The Bertz CT molecular complexity index is 979. The van der Waals surface area contributed by atoms with Crippen molar-refractivity contribution in [1.29, 1.82) is 0 Å². The number of carbonyl (C=O) groups excluding carboxylic acids is 3. The van der Waals surface area contributed by atoms with E-state index in [4.69, 9.17) is 9.15 Å². The molecule has 0 radical (unpaired) electrons. The number of carbonyl (C=O) groups is 3. The highest BCUT2D eigenvalue weighted by molar-refractivity contribution is 6.07. The van der Waals surface area contributed by atoms with Gasteiger partial charge in [-0.2, -0.15) is 0 Å². The molecule has 170 valence electrons. The van der Waals surface area contributed by atoms with Crippen LogP contribution < -0.4 is 15.4 Å². The SMILES string of the molecule is COc1ccc(-c2cnc(CCC(=O)NCCCN3C(=O)NC4(CCCC4)C3=O)o2)cc1. The number of amides is 4. The van der Waals surface area contributed by atoms with E-state index in [1.54, 1.807) is 13.3 Å². The van der Waals surface area contributed by atoms with E-state index in [9.17, 15) is 14.4 Å². The monoisotopic (exact) mass is 440 g/mol. The van der Waals surface area contributed by atoms with Crippen LogP contribution in [0.15, 0.2) is 34.9 Å². The fourth-order valence-electron chi connectivity index (χ4n) is 4.29. The Labute approximate surface area is 186 Å². The van der Waals surface area contributed by atoms with Crippen molar-refractivity contribution in [2.75, 3.05) is 20.2 Å². The van der Waals surface area contributed by atoms with Gasteiger partial charge in [-0.1, -0.05) is 12.8 Å². The normalized spacial score (nSPS) is 17.1. The van der Waals surface area contributed by atoms with Gasteiger partial charge in [-0.3, -0.25) is 14.5 Å². The van der Waals surface area contributed by atoms with Crippen LogP contribution in [0.5, 0.6) is 5.75 Å². The molecule has 4 rings (SSSR count). The molecule has 1 aliphatic heterocycles. The van der Waals surface area contributed by atoms with Gasteiger partial charge in [0.05, 0.1) is 13.3 Å². The molecule has 0 unspecified atom stereocenters. The van der Waals surface area contributed by atoms with Crippen molar-refractivity contribution in [3.63, 3.8) is 0 Å². The summed E-state index contributed by atoms with van der Waals surface area (Å²) in [4.78, 5) is 42.4. The van der Waals surface area contributed by atoms with Crippen LogP contribution in [-0.4, -0.2) is 53.5 Å². The van der Waals surface area contributed by atoms with Crippen molar-refractivity contribution in [3.05, 3.63) is 36.4 Å². The molecule has 1 saturated carbocycles. The Balaban J connectivity index is 1.17. The molecule has 2 aromatic rings. The maximum atomic E-state index is 12.6. The first-order valence-corrected chi connectivity index (χ1v) is 11.0. The van der Waals surface area contributed by atoms with Gasteiger partial charge in [-0.05, 0) is 43.5 Å². The number of oxazole rings is 1. The first-order valence-electron chi connectivity index (χ1n) is 11.0. The molecule has 2 heterocycles. The second-order valence-corrected chi connectivity index (χ2v) is 8.23. The minimum atomic E-state index is -0.680. The van der Waals surface area contributed by atoms with Crippen molar-refractivity contribution >= 4 is 17.8 Å². The molecule has 9 heteroatoms. The minimum Gasteiger partial charge on any atom is -0.497 e. The van der Waals surface area contributed by atoms with Gasteiger partial charge < -0.3 is 19.8 Å². The maximum Gasteiger partial charge on any atom is 0.325 e. The second kappa shape index (κ2) is 9.42. The fraction of sp³-hybridized carbons (Fsp3) is 0.478. The predicted molar refractivity (Wildman–Crippen MR) is 116 cm³/mol. The summed E-state index contributed by atoms with van der Waals surface area (Å²) in [5.74, 6) is 1.64. The summed E-state index contributed by atoms with van der Waals surface area (Å²) in [6, 6.07) is 7.14. The summed E-state index contributed by atoms with van der Waals surface area (Å²) in [6.07, 6.45) is 6.14. The third kappa shape index (κ3) is 4.61. The van der Waals surface area contributed by atoms with E-state index in [1.807, 2.05) is 24.3 Å². The Morgan fingerprint density at radius 3 is 2.72 bits per heavy atom. The average Bonchev–Trinajstić information content (AvgIpc) is 3.52. The molecule has 4 amide bonds. The van der Waals surface area contributed by atoms with E-state index < -0.39 is 5.54 Å². The third-order valence-electron chi connectivity index (χ3n) is 6.08. The van der Waals surface area contributed by atoms with Crippen LogP contribution in [0.2, 0.25) is 0 Å². The number of methoxy groups -OCH3 is 1. The quantitative estimate of drug-likeness (QED) is 0.458. The number of hydrogen-bond donors (Lipinski definition) is 2. The van der Waals surface area contributed by atoms with Crippen LogP contribution in [0, 0.1) is 0 Å². The number of nitrogens with one attached hydrogen (secondary N) is 2. The van der Waals surface area contributed by atoms with Crippen LogP contribution in [0.1, 0.15) is 44.4 Å². The first-order chi connectivity index (χ1) is 15.5. The first kappa shape index (κ1) is 21.9. The van der Waals surface area contributed by atoms with Crippen molar-refractivity contribution in [2.24, 2.45) is 0 Å². The molecule has 1 saturated heterocycles. The number of aryl methyl sites for hydroxylation is 1. The number of ether oxygens (including phenoxy) is 1. The molecule has 0 atom stereocenters. The van der Waals surface area contributed by atoms with Gasteiger partial charge in [-0.15, -0.1) is 0 Å². The molecule has 9 nitrogen and oxygen atoms in total. The number of nitrogens with zero attached hydrogens (tertiary/aromatic N) is 2. The van der Waals surface area contributed by atoms with Gasteiger partial charge in [0.2, 0.25) is 5.91 Å². The minimum absolute atomic E-state index is 0.122. The molecular formula is C23H28N4O5. The van der Waals surface area contributed by atoms with Crippen LogP contribution in [0.3, 0.4) is 0 Å². The average molecular weight is 441 g/mol. The number of aromatic nitrogens is 1. The van der Waals surface area contributed by atoms with Crippen molar-refractivity contribution in [3.8, 4) is 17.1 Å². The highest BCUT2D eigenvalue weighted by atomic mass is 16.5. The molecule has 32 heavy (non-hydrogen) atoms. The van der Waals surface area contributed by atoms with Gasteiger partial charge in [-0.25, -0.2) is 9.78 Å². The predicted octanol–water partition coefficient (Wildman–Crippen LogP) is 2.65. The van der Waals surface area contributed by atoms with Crippen LogP contribution >= 0.6 is 0 Å². The topological polar surface area (TPSA) is 114 Å². The van der Waals surface area contributed by atoms with E-state index in [0.717, 1.165) is 24.2 Å². The smallest absolute Gasteiger partial charge is 0.325 e. The number of urea groups is 1. The molecule has 1 aromatic heterocycles. The molecule has 1 aromatic carbocycles. The van der Waals surface area contributed by atoms with Crippen molar-refractivity contribution in [1.82, 2.24) is 20.5 Å². The van der Waals surface area contributed by atoms with Crippen LogP contribution in [0.4, 0.5) is 4.79 Å². The lowest BCUT2D eigenvalue weighted by Gasteiger charge is -2.20. The lowest BCUT2D eigenvalue weighted by atomic mass is 9.98. The highest BCUT2D eigenvalue weighted by Crippen LogP contribution is 2.35. The Morgan fingerprint density at radius 2 is 2.00 bits per heavy atom. The summed E-state index contributed by atoms with van der Waals surface area (Å²) in [5.41, 5.74) is 0.204. The molecule has 0 bridgehead atoms. The van der Waals surface area contributed by atoms with Crippen molar-refractivity contribution in [2.45, 2.75) is 50.5 Å². The van der Waals surface area contributed by atoms with E-state index in [0.29, 0.717) is 50.4 Å². The molecular weight excluding hydrogens is 412 g/mol. The zero-order chi connectivity index (χ0) is 22.6. The largest absolute Gasteiger partial charge is 0.497 e. The number of rotatable bonds is 9. The Kier molecular flexibility index (Phi) is 6.43. The molecule has 1 spiro atoms. The summed E-state index contributed by atoms with van der Waals surface area (Å²) in [5, 5.41) is 5.69. The van der Waals surface area contributed by atoms with Gasteiger partial charge >= 0.3 is 6.03 Å². The van der Waals surface area contributed by atoms with E-state index >= 15 is 0 Å². The van der Waals surface area contributed by atoms with E-state index in [2.05, 4.69) is 15.6 Å². The van der Waals surface area contributed by atoms with Gasteiger partial charge in [0.1, 0.15) is 11.3 Å². The number of benzene rings is 1. The summed E-state index contributed by atoms with van der Waals surface area (Å²) >= 11 is 0. The lowest BCUT2D eigenvalue weighted by Crippen LogP contribution is -2.44. The van der Waals surface area contributed by atoms with Gasteiger partial charge in [0, 0.05) is 31.5 Å². The standard InChI is InChI=1S/C23H28N4O5/c1-31-17-7-5-16(6-8-17)18-15-25-20(32-18)10-9-19(28)24-13-4-14-27-21(29)23(26-22(27)30)11-2-3-12-23/h5-8,15H,2-4,9-14H2,1H3,(H,24,28)(H,26,30). The number of hydrogen-bond acceptors (Lipinski definition) is 6. The fourth-order valence-corrected chi connectivity index (χ4v) is 4.29. The maximum absolute atomic E-state index is 12.6. The highest BCUT2D eigenvalue weighted by Gasteiger charge is 2.51. The summed E-state index contributed by atoms with van der Waals surface area (Å²) in [6.45, 7) is 0.698. The van der Waals surface area contributed by atoms with Crippen LogP contribution in [-0.2, 0) is 16.0 Å². The Morgan fingerprint density at radius 1 is 1.25 bits per heavy atom. The number of imide groups is 1. The summed E-state index contributed by atoms with van der Waals surface area (Å²) < 4.78 is 10.9. The Hall–Kier alpha value is -3.36.